The number of thioether (sulfide) groups is 3. The average molecular weight is 1910 g/mol. The number of ketones is 3. The number of fused-ring (bicyclic) bond motifs is 3. The van der Waals surface area contributed by atoms with Gasteiger partial charge in [0.2, 0.25) is 0 Å². The Balaban J connectivity index is 0.000000238. The molecule has 0 saturated carbocycles. The molecule has 3 fully saturated rings. The number of nitrogens with one attached hydrogen (secondary N) is 2. The van der Waals surface area contributed by atoms with Crippen LogP contribution in [0, 0.1) is 16.2 Å². The smallest absolute Gasteiger partial charge is 0.387 e. The van der Waals surface area contributed by atoms with Crippen LogP contribution in [0.2, 0.25) is 0 Å². The molecule has 9 heterocycles. The van der Waals surface area contributed by atoms with Crippen LogP contribution in [0.3, 0.4) is 0 Å². The number of hydrogen-bond donors (Lipinski definition) is 11. The molecule has 15 atom stereocenters. The number of hydrogen-bond acceptors (Lipinski definition) is 36. The molecule has 5 aromatic rings. The number of imidazole rings is 3. The van der Waals surface area contributed by atoms with Gasteiger partial charge < -0.3 is 62.1 Å². The van der Waals surface area contributed by atoms with Crippen LogP contribution in [-0.2, 0) is 94.9 Å². The molecule has 11 rings (SSSR count). The van der Waals surface area contributed by atoms with Crippen molar-refractivity contribution < 1.29 is 141 Å². The Morgan fingerprint density at radius 1 is 0.504 bits per heavy atom. The van der Waals surface area contributed by atoms with Crippen molar-refractivity contribution >= 4 is 135 Å². The quantitative estimate of drug-likeness (QED) is 0.00768. The number of amidine groups is 3. The second kappa shape index (κ2) is 42.7. The van der Waals surface area contributed by atoms with Gasteiger partial charge in [-0.15, -0.1) is 9.05 Å². The predicted octanol–water partition coefficient (Wildman–Crippen LogP) is 9.70. The van der Waals surface area contributed by atoms with E-state index in [0.717, 1.165) is 59.6 Å². The fourth-order valence-electron chi connectivity index (χ4n) is 12.5. The molecule has 3 aromatic heterocycles. The highest BCUT2D eigenvalue weighted by Crippen LogP contribution is 2.51. The maximum Gasteiger partial charge on any atom is 0.697 e. The maximum atomic E-state index is 13.8. The number of aliphatic hydroxyl groups excluding tert-OH is 3. The minimum Gasteiger partial charge on any atom is -0.387 e. The zero-order valence-electron chi connectivity index (χ0n) is 71.3. The monoisotopic (exact) mass is 1910 g/mol. The number of rotatable bonds is 36. The van der Waals surface area contributed by atoms with Gasteiger partial charge in [0.05, 0.1) is 75.8 Å². The number of Topliss-reactive ketones (excluding diaryl/α,β-unsaturated/α-hetero) is 3. The normalized spacial score (nSPS) is 25.4. The van der Waals surface area contributed by atoms with Gasteiger partial charge >= 0.3 is 36.1 Å². The van der Waals surface area contributed by atoms with Crippen LogP contribution >= 0.6 is 59.0 Å². The summed E-state index contributed by atoms with van der Waals surface area (Å²) in [4.78, 5) is 98.4. The lowest BCUT2D eigenvalue weighted by Gasteiger charge is -2.28. The van der Waals surface area contributed by atoms with Gasteiger partial charge in [-0.2, -0.15) is 26.3 Å². The summed E-state index contributed by atoms with van der Waals surface area (Å²) in [5, 5.41) is 70.9. The number of nitrogens with two attached hydrogens (primary N) is 3. The summed E-state index contributed by atoms with van der Waals surface area (Å²) in [6.07, 6.45) is -15.7. The van der Waals surface area contributed by atoms with Crippen LogP contribution in [0.15, 0.2) is 82.5 Å². The van der Waals surface area contributed by atoms with Crippen molar-refractivity contribution in [3.8, 4) is 0 Å². The highest BCUT2D eigenvalue weighted by atomic mass is 32.2. The van der Waals surface area contributed by atoms with E-state index < -0.39 is 149 Å². The molecule has 127 heavy (non-hydrogen) atoms. The molecule has 0 amide bonds. The molecule has 0 bridgehead atoms. The van der Waals surface area contributed by atoms with Gasteiger partial charge in [-0.25, -0.2) is 49.2 Å². The molecule has 3 radical (unpaired) electrons. The van der Waals surface area contributed by atoms with Crippen LogP contribution in [0.4, 0.5) is 43.8 Å². The zero-order valence-corrected chi connectivity index (χ0v) is 76.4. The lowest BCUT2D eigenvalue weighted by molar-refractivity contribution is -0.138. The Hall–Kier alpha value is -6.93. The van der Waals surface area contributed by atoms with Crippen LogP contribution in [0.1, 0.15) is 194 Å². The molecular formula is C76H104BF6N14O24P3S3+. The van der Waals surface area contributed by atoms with E-state index in [9.17, 15) is 99.4 Å². The van der Waals surface area contributed by atoms with Crippen LogP contribution in [0.25, 0.3) is 0 Å². The van der Waals surface area contributed by atoms with Crippen LogP contribution in [-0.4, -0.2) is 228 Å². The molecule has 6 aliphatic heterocycles. The molecule has 699 valence electrons. The SMILES string of the molecule is CCC(C)(C)C(=O)SCCOP(=O)(NCc1ccc(C(F)(F)F)cc1)OC[C@H]1O[C@@H](n2cnc3c2N=C(N)CC3=O)C(C)(O)[C@H]1O.CCC(C)(C)C(=O)SCCOP(=O)(NCc1ccc(C(F)(F)F)cc1)OC[C@H]1O[C@@H](n2cnc3c2N=C(N)CC3=O)C(C)(O)[C@H]1O.CCC(C)(C)C(=O)SCCO[P+](=O)OC[C@H]1O[C@@H](n2cnc3c2N=C(N)CC3=O)C(C)(O)[C@H]1O.[B]. The van der Waals surface area contributed by atoms with Crippen molar-refractivity contribution in [1.82, 2.24) is 38.8 Å². The Morgan fingerprint density at radius 2 is 0.787 bits per heavy atom. The second-order valence-electron chi connectivity index (χ2n) is 32.5. The number of nitrogens with zero attached hydrogens (tertiary/aromatic N) is 9. The first kappa shape index (κ1) is 105. The summed E-state index contributed by atoms with van der Waals surface area (Å²) in [7, 11) is -11.0. The fraction of sp³-hybridized carbons (Fsp3) is 0.605. The Morgan fingerprint density at radius 3 is 1.07 bits per heavy atom. The average Bonchev–Trinajstić information content (AvgIpc) is 1.60. The molecule has 51 heteroatoms. The number of alkyl halides is 6. The third-order valence-corrected chi connectivity index (χ3v) is 29.0. The van der Waals surface area contributed by atoms with E-state index >= 15 is 0 Å². The van der Waals surface area contributed by atoms with Crippen molar-refractivity contribution in [3.63, 3.8) is 0 Å². The number of carbonyl (C=O) groups excluding carboxylic acids is 6. The van der Waals surface area contributed by atoms with Gasteiger partial charge in [-0.1, -0.05) is 122 Å². The van der Waals surface area contributed by atoms with Crippen molar-refractivity contribution in [3.05, 3.63) is 107 Å². The molecule has 38 nitrogen and oxygen atoms in total. The molecule has 0 aliphatic carbocycles. The minimum absolute atomic E-state index is 0. The van der Waals surface area contributed by atoms with E-state index in [2.05, 4.69) is 40.1 Å². The molecule has 6 unspecified atom stereocenters. The number of halogens is 6. The fourth-order valence-corrected chi connectivity index (χ4v) is 18.8. The van der Waals surface area contributed by atoms with Crippen LogP contribution in [0.5, 0.6) is 0 Å². The molecule has 3 saturated heterocycles. The van der Waals surface area contributed by atoms with E-state index in [0.29, 0.717) is 36.1 Å². The topological polar surface area (TPSA) is 551 Å². The molecule has 14 N–H and O–H groups in total. The Kier molecular flexibility index (Phi) is 35.5. The minimum atomic E-state index is -4.53. The molecule has 2 aromatic carbocycles. The van der Waals surface area contributed by atoms with E-state index in [-0.39, 0.29) is 163 Å². The van der Waals surface area contributed by atoms with E-state index in [1.807, 2.05) is 34.6 Å². The standard InChI is InChI=1S/2C28H37F3N5O8PS.C20H29N4O8PS.B/c2*1-5-26(2,3)25(39)46-11-10-42-45(41,34-13-16-6-8-17(9-7-16)28(29,30)31)43-14-19-22(38)27(4,40)24(44-19)36-15-33-21-18(37)12-20(32)35-23(21)36;1-5-19(2,3)18(27)34-7-6-30-33(29)31-9-12-15(26)20(4,28)17(32-12)24-10-22-14-11(25)8-13(21)23-16(14)24;/h2*6-9,15,19,22,24,38,40H,5,10-14H2,1-4H3,(H2,32,35)(H,34,41);10,12,15,17,26,28H,5-9H2,1-4H3,(H-,21,23,25);/p+1/t2*19-,22+,24-,27?,45?;12-,15+,17-,20?;/m111./s1. The summed E-state index contributed by atoms with van der Waals surface area (Å²) in [5.74, 6) is -0.117. The first-order chi connectivity index (χ1) is 58.6. The number of aliphatic hydroxyl groups is 6. The zero-order chi connectivity index (χ0) is 93.4. The highest BCUT2D eigenvalue weighted by molar-refractivity contribution is 8.14. The largest absolute Gasteiger partial charge is 0.697 e. The number of aliphatic imine (C=N–C) groups is 3. The summed E-state index contributed by atoms with van der Waals surface area (Å²) >= 11 is 3.10. The van der Waals surface area contributed by atoms with Crippen molar-refractivity contribution in [1.29, 1.82) is 0 Å². The van der Waals surface area contributed by atoms with Gasteiger partial charge in [0.25, 0.3) is 0 Å². The third kappa shape index (κ3) is 25.9. The van der Waals surface area contributed by atoms with E-state index in [4.69, 9.17) is 58.6 Å². The number of ether oxygens (including phenoxy) is 3. The van der Waals surface area contributed by atoms with E-state index in [1.165, 1.54) is 77.7 Å². The Bertz CT molecular complexity index is 4760. The van der Waals surface area contributed by atoms with Crippen molar-refractivity contribution in [2.75, 3.05) is 56.9 Å². The van der Waals surface area contributed by atoms with Gasteiger partial charge in [0.15, 0.2) is 85.9 Å². The summed E-state index contributed by atoms with van der Waals surface area (Å²) < 4.78 is 172. The predicted molar refractivity (Wildman–Crippen MR) is 454 cm³/mol. The number of aromatic nitrogens is 6. The van der Waals surface area contributed by atoms with Gasteiger partial charge in [0, 0.05) is 59.6 Å². The second-order valence-corrected chi connectivity index (χ2v) is 40.3. The van der Waals surface area contributed by atoms with Crippen molar-refractivity contribution in [2.24, 2.45) is 48.4 Å². The molecule has 6 aliphatic rings. The summed E-state index contributed by atoms with van der Waals surface area (Å²) in [6.45, 7) is 18.3. The Labute approximate surface area is 742 Å². The summed E-state index contributed by atoms with van der Waals surface area (Å²) in [5.41, 5.74) is 9.05. The maximum absolute atomic E-state index is 13.8. The number of carbonyl (C=O) groups is 6. The van der Waals surface area contributed by atoms with Gasteiger partial charge in [-0.3, -0.25) is 60.6 Å². The number of benzene rings is 2. The molecule has 0 spiro atoms. The first-order valence-corrected chi connectivity index (χ1v) is 46.6. The third-order valence-electron chi connectivity index (χ3n) is 21.5. The van der Waals surface area contributed by atoms with Crippen molar-refractivity contribution in [2.45, 2.75) is 219 Å². The van der Waals surface area contributed by atoms with Gasteiger partial charge in [-0.05, 0) is 75.4 Å². The van der Waals surface area contributed by atoms with Gasteiger partial charge in [0.1, 0.15) is 84.1 Å². The lowest BCUT2D eigenvalue weighted by Crippen LogP contribution is -2.44. The van der Waals surface area contributed by atoms with E-state index in [1.54, 1.807) is 27.7 Å². The summed E-state index contributed by atoms with van der Waals surface area (Å²) in [6, 6.07) is 8.35. The van der Waals surface area contributed by atoms with Crippen LogP contribution < -0.4 is 27.4 Å². The molecular weight excluding hydrogens is 1810 g/mol. The lowest BCUT2D eigenvalue weighted by atomic mass is 9.92. The first-order valence-electron chi connectivity index (χ1n) is 39.5. The highest BCUT2D eigenvalue weighted by Gasteiger charge is 2.58.